The molecule has 0 saturated heterocycles. The van der Waals surface area contributed by atoms with Crippen molar-refractivity contribution >= 4 is 39.6 Å². The van der Waals surface area contributed by atoms with Gasteiger partial charge in [0.15, 0.2) is 0 Å². The van der Waals surface area contributed by atoms with Crippen LogP contribution in [0.4, 0.5) is 5.00 Å². The summed E-state index contributed by atoms with van der Waals surface area (Å²) in [4.78, 5) is 28.1. The number of carbonyl (C=O) groups excluding carboxylic acids is 2. The normalized spacial score (nSPS) is 16.2. The first kappa shape index (κ1) is 19.1. The Morgan fingerprint density at radius 2 is 2.04 bits per heavy atom. The van der Waals surface area contributed by atoms with Gasteiger partial charge in [0.1, 0.15) is 5.00 Å². The van der Waals surface area contributed by atoms with Crippen LogP contribution in [0.2, 0.25) is 0 Å². The molecule has 0 aromatic carbocycles. The number of anilines is 1. The van der Waals surface area contributed by atoms with E-state index in [1.165, 1.54) is 34.6 Å². The van der Waals surface area contributed by atoms with Crippen molar-refractivity contribution < 1.29 is 14.3 Å². The van der Waals surface area contributed by atoms with Gasteiger partial charge < -0.3 is 10.1 Å². The van der Waals surface area contributed by atoms with Gasteiger partial charge in [0.05, 0.1) is 17.0 Å². The van der Waals surface area contributed by atoms with Crippen molar-refractivity contribution in [3.05, 3.63) is 37.9 Å². The van der Waals surface area contributed by atoms with Crippen molar-refractivity contribution in [3.63, 3.8) is 0 Å². The van der Waals surface area contributed by atoms with Crippen LogP contribution in [0.3, 0.4) is 0 Å². The SMILES string of the molecule is CCOC(=O)c1cc(CC)sc1NC(=O)c1cc2c(s1)CC[C@@H](CC)C2. The molecule has 0 saturated carbocycles. The van der Waals surface area contributed by atoms with E-state index in [9.17, 15) is 9.59 Å². The van der Waals surface area contributed by atoms with E-state index in [4.69, 9.17) is 4.74 Å². The highest BCUT2D eigenvalue weighted by Crippen LogP contribution is 2.35. The zero-order valence-electron chi connectivity index (χ0n) is 15.5. The number of nitrogens with one attached hydrogen (secondary N) is 1. The molecule has 0 unspecified atom stereocenters. The fourth-order valence-electron chi connectivity index (χ4n) is 3.29. The third-order valence-electron chi connectivity index (χ3n) is 4.84. The lowest BCUT2D eigenvalue weighted by Gasteiger charge is -2.19. The van der Waals surface area contributed by atoms with Gasteiger partial charge in [-0.2, -0.15) is 0 Å². The highest BCUT2D eigenvalue weighted by Gasteiger charge is 2.24. The lowest BCUT2D eigenvalue weighted by atomic mass is 9.87. The molecule has 6 heteroatoms. The Hall–Kier alpha value is -1.66. The molecule has 3 rings (SSSR count). The second-order valence-electron chi connectivity index (χ2n) is 6.56. The molecular weight excluding hydrogens is 366 g/mol. The number of esters is 1. The molecule has 1 aliphatic rings. The van der Waals surface area contributed by atoms with Gasteiger partial charge >= 0.3 is 5.97 Å². The van der Waals surface area contributed by atoms with E-state index in [0.717, 1.165) is 34.9 Å². The molecule has 1 amide bonds. The van der Waals surface area contributed by atoms with Crippen molar-refractivity contribution in [1.29, 1.82) is 0 Å². The topological polar surface area (TPSA) is 55.4 Å². The summed E-state index contributed by atoms with van der Waals surface area (Å²) in [6.07, 6.45) is 5.36. The molecule has 0 bridgehead atoms. The van der Waals surface area contributed by atoms with Crippen molar-refractivity contribution in [2.75, 3.05) is 11.9 Å². The molecule has 1 aliphatic carbocycles. The first-order valence-electron chi connectivity index (χ1n) is 9.28. The summed E-state index contributed by atoms with van der Waals surface area (Å²) in [6, 6.07) is 3.86. The monoisotopic (exact) mass is 391 g/mol. The Balaban J connectivity index is 1.79. The summed E-state index contributed by atoms with van der Waals surface area (Å²) in [7, 11) is 0. The molecule has 0 aliphatic heterocycles. The van der Waals surface area contributed by atoms with Crippen LogP contribution in [-0.4, -0.2) is 18.5 Å². The van der Waals surface area contributed by atoms with E-state index in [-0.39, 0.29) is 11.9 Å². The summed E-state index contributed by atoms with van der Waals surface area (Å²) < 4.78 is 5.12. The third-order valence-corrected chi connectivity index (χ3v) is 7.27. The van der Waals surface area contributed by atoms with Gasteiger partial charge in [-0.05, 0) is 56.2 Å². The van der Waals surface area contributed by atoms with Gasteiger partial charge in [0.25, 0.3) is 5.91 Å². The van der Waals surface area contributed by atoms with Crippen molar-refractivity contribution in [2.24, 2.45) is 5.92 Å². The molecule has 0 spiro atoms. The predicted molar refractivity (Wildman–Crippen MR) is 108 cm³/mol. The van der Waals surface area contributed by atoms with Crippen LogP contribution in [-0.2, 0) is 24.0 Å². The van der Waals surface area contributed by atoms with Crippen molar-refractivity contribution in [2.45, 2.75) is 52.9 Å². The van der Waals surface area contributed by atoms with Crippen LogP contribution in [0.25, 0.3) is 0 Å². The molecule has 26 heavy (non-hydrogen) atoms. The number of ether oxygens (including phenoxy) is 1. The Morgan fingerprint density at radius 3 is 2.73 bits per heavy atom. The van der Waals surface area contributed by atoms with Crippen LogP contribution in [0.1, 0.15) is 69.0 Å². The molecular formula is C20H25NO3S2. The smallest absolute Gasteiger partial charge is 0.341 e. The number of hydrogen-bond donors (Lipinski definition) is 1. The zero-order chi connectivity index (χ0) is 18.7. The Kier molecular flexibility index (Phi) is 6.14. The van der Waals surface area contributed by atoms with E-state index < -0.39 is 0 Å². The molecule has 140 valence electrons. The van der Waals surface area contributed by atoms with E-state index in [1.807, 2.05) is 19.1 Å². The van der Waals surface area contributed by atoms with Gasteiger partial charge in [-0.1, -0.05) is 20.3 Å². The van der Waals surface area contributed by atoms with Gasteiger partial charge in [-0.25, -0.2) is 4.79 Å². The second-order valence-corrected chi connectivity index (χ2v) is 8.83. The van der Waals surface area contributed by atoms with Crippen LogP contribution < -0.4 is 5.32 Å². The van der Waals surface area contributed by atoms with Crippen LogP contribution in [0.5, 0.6) is 0 Å². The van der Waals surface area contributed by atoms with Crippen molar-refractivity contribution in [3.8, 4) is 0 Å². The fraction of sp³-hybridized carbons (Fsp3) is 0.500. The van der Waals surface area contributed by atoms with E-state index in [0.29, 0.717) is 17.2 Å². The fourth-order valence-corrected chi connectivity index (χ4v) is 5.38. The summed E-state index contributed by atoms with van der Waals surface area (Å²) in [5.74, 6) is 0.218. The largest absolute Gasteiger partial charge is 0.462 e. The average molecular weight is 392 g/mol. The maximum absolute atomic E-state index is 12.8. The Labute approximate surface area is 162 Å². The molecule has 0 radical (unpaired) electrons. The average Bonchev–Trinajstić information content (AvgIpc) is 3.24. The molecule has 1 atom stereocenters. The zero-order valence-corrected chi connectivity index (χ0v) is 17.1. The lowest BCUT2D eigenvalue weighted by molar-refractivity contribution is 0.0528. The van der Waals surface area contributed by atoms with Crippen molar-refractivity contribution in [1.82, 2.24) is 0 Å². The standard InChI is InChI=1S/C20H25NO3S2/c1-4-12-7-8-16-13(9-12)10-17(26-16)18(22)21-19-15(20(23)24-6-3)11-14(5-2)25-19/h10-12H,4-9H2,1-3H3,(H,21,22)/t12-/m1/s1. The minimum absolute atomic E-state index is 0.132. The number of amides is 1. The number of rotatable bonds is 6. The quantitative estimate of drug-likeness (QED) is 0.678. The summed E-state index contributed by atoms with van der Waals surface area (Å²) >= 11 is 3.04. The van der Waals surface area contributed by atoms with E-state index in [1.54, 1.807) is 18.3 Å². The predicted octanol–water partition coefficient (Wildman–Crippen LogP) is 5.32. The van der Waals surface area contributed by atoms with Gasteiger partial charge in [0, 0.05) is 9.75 Å². The van der Waals surface area contributed by atoms with E-state index >= 15 is 0 Å². The number of hydrogen-bond acceptors (Lipinski definition) is 5. The van der Waals surface area contributed by atoms with Crippen LogP contribution >= 0.6 is 22.7 Å². The molecule has 0 fully saturated rings. The summed E-state index contributed by atoms with van der Waals surface area (Å²) in [6.45, 7) is 6.36. The highest BCUT2D eigenvalue weighted by atomic mass is 32.1. The summed E-state index contributed by atoms with van der Waals surface area (Å²) in [5.41, 5.74) is 1.78. The third kappa shape index (κ3) is 4.01. The molecule has 2 heterocycles. The summed E-state index contributed by atoms with van der Waals surface area (Å²) in [5, 5.41) is 3.53. The lowest BCUT2D eigenvalue weighted by Crippen LogP contribution is -2.13. The Bertz CT molecular complexity index is 806. The Morgan fingerprint density at radius 1 is 1.23 bits per heavy atom. The number of aryl methyl sites for hydroxylation is 2. The maximum atomic E-state index is 12.8. The first-order valence-corrected chi connectivity index (χ1v) is 10.9. The number of fused-ring (bicyclic) bond motifs is 1. The van der Waals surface area contributed by atoms with Gasteiger partial charge in [0.2, 0.25) is 0 Å². The molecule has 1 N–H and O–H groups in total. The molecule has 2 aromatic rings. The molecule has 4 nitrogen and oxygen atoms in total. The maximum Gasteiger partial charge on any atom is 0.341 e. The number of carbonyl (C=O) groups is 2. The minimum Gasteiger partial charge on any atom is -0.462 e. The minimum atomic E-state index is -0.380. The van der Waals surface area contributed by atoms with Crippen LogP contribution in [0, 0.1) is 5.92 Å². The highest BCUT2D eigenvalue weighted by molar-refractivity contribution is 7.17. The second kappa shape index (κ2) is 8.35. The van der Waals surface area contributed by atoms with Gasteiger partial charge in [-0.15, -0.1) is 22.7 Å². The number of thiophene rings is 2. The first-order chi connectivity index (χ1) is 12.5. The van der Waals surface area contributed by atoms with E-state index in [2.05, 4.69) is 12.2 Å². The molecule has 2 aromatic heterocycles. The van der Waals surface area contributed by atoms with Crippen LogP contribution in [0.15, 0.2) is 12.1 Å². The van der Waals surface area contributed by atoms with Gasteiger partial charge in [-0.3, -0.25) is 4.79 Å².